The standard InChI is InChI=1S/C22H24N2O3/c1-14-12-17-18(13-15(14)2)21(25)24(11-10-23(3)4)20(22(26)27)19(17)16-8-6-5-7-9-16/h5-9,12-13H,10-11H2,1-4H3,(H,26,27). The van der Waals surface area contributed by atoms with E-state index in [9.17, 15) is 14.7 Å². The first kappa shape index (κ1) is 18.9. The highest BCUT2D eigenvalue weighted by Crippen LogP contribution is 2.32. The Morgan fingerprint density at radius 1 is 1.04 bits per heavy atom. The van der Waals surface area contributed by atoms with Crippen molar-refractivity contribution in [1.29, 1.82) is 0 Å². The van der Waals surface area contributed by atoms with Gasteiger partial charge in [-0.1, -0.05) is 36.4 Å². The van der Waals surface area contributed by atoms with E-state index in [1.807, 2.05) is 75.3 Å². The van der Waals surface area contributed by atoms with E-state index in [0.717, 1.165) is 16.7 Å². The molecule has 27 heavy (non-hydrogen) atoms. The maximum Gasteiger partial charge on any atom is 0.353 e. The highest BCUT2D eigenvalue weighted by atomic mass is 16.4. The molecule has 0 fully saturated rings. The van der Waals surface area contributed by atoms with E-state index in [0.29, 0.717) is 29.4 Å². The lowest BCUT2D eigenvalue weighted by atomic mass is 9.94. The molecule has 1 aromatic heterocycles. The highest BCUT2D eigenvalue weighted by molar-refractivity contribution is 6.06. The number of aromatic nitrogens is 1. The number of carboxylic acid groups (broad SMARTS) is 1. The predicted octanol–water partition coefficient (Wildman–Crippen LogP) is 3.55. The van der Waals surface area contributed by atoms with Crippen LogP contribution in [0.15, 0.2) is 47.3 Å². The van der Waals surface area contributed by atoms with Crippen LogP contribution in [-0.4, -0.2) is 41.2 Å². The van der Waals surface area contributed by atoms with E-state index < -0.39 is 5.97 Å². The van der Waals surface area contributed by atoms with Crippen LogP contribution in [0, 0.1) is 13.8 Å². The summed E-state index contributed by atoms with van der Waals surface area (Å²) < 4.78 is 1.40. The van der Waals surface area contributed by atoms with Gasteiger partial charge in [0.15, 0.2) is 0 Å². The first-order valence-corrected chi connectivity index (χ1v) is 8.92. The molecular weight excluding hydrogens is 340 g/mol. The highest BCUT2D eigenvalue weighted by Gasteiger charge is 2.23. The van der Waals surface area contributed by atoms with Gasteiger partial charge >= 0.3 is 5.97 Å². The second kappa shape index (κ2) is 7.37. The number of carboxylic acids is 1. The van der Waals surface area contributed by atoms with Crippen LogP contribution in [0.4, 0.5) is 0 Å². The Labute approximate surface area is 158 Å². The molecule has 0 bridgehead atoms. The van der Waals surface area contributed by atoms with Gasteiger partial charge in [-0.25, -0.2) is 4.79 Å². The number of carbonyl (C=O) groups is 1. The number of benzene rings is 2. The van der Waals surface area contributed by atoms with Crippen molar-refractivity contribution >= 4 is 16.7 Å². The van der Waals surface area contributed by atoms with Crippen molar-refractivity contribution in [3.8, 4) is 11.1 Å². The number of likely N-dealkylation sites (N-methyl/N-ethyl adjacent to an activating group) is 1. The molecule has 0 atom stereocenters. The monoisotopic (exact) mass is 364 g/mol. The lowest BCUT2D eigenvalue weighted by Crippen LogP contribution is -2.31. The van der Waals surface area contributed by atoms with E-state index in [1.54, 1.807) is 0 Å². The third kappa shape index (κ3) is 3.51. The van der Waals surface area contributed by atoms with Crippen LogP contribution in [0.5, 0.6) is 0 Å². The summed E-state index contributed by atoms with van der Waals surface area (Å²) in [4.78, 5) is 27.4. The average molecular weight is 364 g/mol. The third-order valence-corrected chi connectivity index (χ3v) is 4.92. The fraction of sp³-hybridized carbons (Fsp3) is 0.273. The fourth-order valence-corrected chi connectivity index (χ4v) is 3.34. The Morgan fingerprint density at radius 3 is 2.19 bits per heavy atom. The summed E-state index contributed by atoms with van der Waals surface area (Å²) in [6, 6.07) is 13.2. The van der Waals surface area contributed by atoms with Gasteiger partial charge in [0.1, 0.15) is 5.69 Å². The summed E-state index contributed by atoms with van der Waals surface area (Å²) >= 11 is 0. The van der Waals surface area contributed by atoms with Crippen molar-refractivity contribution < 1.29 is 9.90 Å². The molecule has 1 heterocycles. The van der Waals surface area contributed by atoms with Crippen molar-refractivity contribution in [2.45, 2.75) is 20.4 Å². The molecule has 0 aliphatic carbocycles. The molecule has 0 unspecified atom stereocenters. The molecule has 0 saturated carbocycles. The van der Waals surface area contributed by atoms with Crippen molar-refractivity contribution in [3.05, 3.63) is 69.6 Å². The van der Waals surface area contributed by atoms with Gasteiger partial charge in [-0.05, 0) is 56.1 Å². The van der Waals surface area contributed by atoms with Gasteiger partial charge in [0.2, 0.25) is 0 Å². The second-order valence-corrected chi connectivity index (χ2v) is 7.14. The van der Waals surface area contributed by atoms with Gasteiger partial charge in [-0.3, -0.25) is 4.79 Å². The molecular formula is C22H24N2O3. The van der Waals surface area contributed by atoms with Crippen molar-refractivity contribution in [3.63, 3.8) is 0 Å². The van der Waals surface area contributed by atoms with E-state index in [-0.39, 0.29) is 11.3 Å². The molecule has 0 aliphatic heterocycles. The first-order chi connectivity index (χ1) is 12.8. The number of rotatable bonds is 5. The van der Waals surface area contributed by atoms with Gasteiger partial charge in [-0.15, -0.1) is 0 Å². The van der Waals surface area contributed by atoms with Gasteiger partial charge in [0, 0.05) is 24.0 Å². The largest absolute Gasteiger partial charge is 0.477 e. The maximum atomic E-state index is 13.2. The maximum absolute atomic E-state index is 13.2. The minimum atomic E-state index is -1.09. The minimum Gasteiger partial charge on any atom is -0.477 e. The Kier molecular flexibility index (Phi) is 5.15. The molecule has 0 amide bonds. The van der Waals surface area contributed by atoms with Crippen molar-refractivity contribution in [2.75, 3.05) is 20.6 Å². The Bertz CT molecular complexity index is 1070. The third-order valence-electron chi connectivity index (χ3n) is 4.92. The SMILES string of the molecule is Cc1cc2c(-c3ccccc3)c(C(=O)O)n(CCN(C)C)c(=O)c2cc1C. The van der Waals surface area contributed by atoms with Crippen LogP contribution < -0.4 is 5.56 Å². The predicted molar refractivity (Wildman–Crippen MR) is 109 cm³/mol. The number of aryl methyl sites for hydroxylation is 2. The Hall–Kier alpha value is -2.92. The van der Waals surface area contributed by atoms with Gasteiger partial charge in [-0.2, -0.15) is 0 Å². The number of hydrogen-bond donors (Lipinski definition) is 1. The van der Waals surface area contributed by atoms with E-state index in [1.165, 1.54) is 4.57 Å². The van der Waals surface area contributed by atoms with Gasteiger partial charge in [0.05, 0.1) is 0 Å². The fourth-order valence-electron chi connectivity index (χ4n) is 3.34. The summed E-state index contributed by atoms with van der Waals surface area (Å²) in [5.74, 6) is -1.09. The summed E-state index contributed by atoms with van der Waals surface area (Å²) in [6.45, 7) is 4.83. The summed E-state index contributed by atoms with van der Waals surface area (Å²) in [5, 5.41) is 11.3. The lowest BCUT2D eigenvalue weighted by Gasteiger charge is -2.20. The van der Waals surface area contributed by atoms with E-state index >= 15 is 0 Å². The minimum absolute atomic E-state index is 0.0452. The Morgan fingerprint density at radius 2 is 1.63 bits per heavy atom. The molecule has 5 nitrogen and oxygen atoms in total. The Balaban J connectivity index is 2.49. The topological polar surface area (TPSA) is 62.5 Å². The second-order valence-electron chi connectivity index (χ2n) is 7.14. The van der Waals surface area contributed by atoms with Crippen LogP contribution in [-0.2, 0) is 6.54 Å². The number of nitrogens with zero attached hydrogens (tertiary/aromatic N) is 2. The molecule has 140 valence electrons. The molecule has 0 saturated heterocycles. The van der Waals surface area contributed by atoms with Gasteiger partial charge < -0.3 is 14.6 Å². The molecule has 2 aromatic carbocycles. The number of fused-ring (bicyclic) bond motifs is 1. The zero-order valence-electron chi connectivity index (χ0n) is 16.1. The van der Waals surface area contributed by atoms with Crippen molar-refractivity contribution in [1.82, 2.24) is 9.47 Å². The molecule has 1 N–H and O–H groups in total. The van der Waals surface area contributed by atoms with Crippen LogP contribution >= 0.6 is 0 Å². The number of hydrogen-bond acceptors (Lipinski definition) is 3. The quantitative estimate of drug-likeness (QED) is 0.752. The molecule has 0 radical (unpaired) electrons. The molecule has 3 aromatic rings. The van der Waals surface area contributed by atoms with Gasteiger partial charge in [0.25, 0.3) is 5.56 Å². The lowest BCUT2D eigenvalue weighted by molar-refractivity contribution is 0.0684. The molecule has 3 rings (SSSR count). The summed E-state index contributed by atoms with van der Waals surface area (Å²) in [7, 11) is 3.80. The number of pyridine rings is 1. The molecule has 0 aliphatic rings. The molecule has 5 heteroatoms. The van der Waals surface area contributed by atoms with E-state index in [2.05, 4.69) is 0 Å². The average Bonchev–Trinajstić information content (AvgIpc) is 2.62. The van der Waals surface area contributed by atoms with Crippen molar-refractivity contribution in [2.24, 2.45) is 0 Å². The smallest absolute Gasteiger partial charge is 0.353 e. The summed E-state index contributed by atoms with van der Waals surface area (Å²) in [5.41, 5.74) is 3.22. The first-order valence-electron chi connectivity index (χ1n) is 8.92. The van der Waals surface area contributed by atoms with Crippen LogP contribution in [0.3, 0.4) is 0 Å². The zero-order chi connectivity index (χ0) is 19.7. The van der Waals surface area contributed by atoms with Crippen LogP contribution in [0.1, 0.15) is 21.6 Å². The van der Waals surface area contributed by atoms with E-state index in [4.69, 9.17) is 0 Å². The normalized spacial score (nSPS) is 11.3. The number of aromatic carboxylic acids is 1. The summed E-state index contributed by atoms with van der Waals surface area (Å²) in [6.07, 6.45) is 0. The molecule has 0 spiro atoms. The van der Waals surface area contributed by atoms with Crippen LogP contribution in [0.2, 0.25) is 0 Å². The van der Waals surface area contributed by atoms with Crippen LogP contribution in [0.25, 0.3) is 21.9 Å². The zero-order valence-corrected chi connectivity index (χ0v) is 16.1.